The van der Waals surface area contributed by atoms with E-state index in [0.717, 1.165) is 33.4 Å². The third kappa shape index (κ3) is 2.56. The molecular weight excluding hydrogens is 428 g/mol. The van der Waals surface area contributed by atoms with Gasteiger partial charge in [0.2, 0.25) is 11.8 Å². The van der Waals surface area contributed by atoms with Gasteiger partial charge >= 0.3 is 0 Å². The first-order valence-corrected chi connectivity index (χ1v) is 11.4. The standard InChI is InChI=1S/C23H23BrN4O/c24-16-3-1-15(2-4-16)18-17(11-25)21(26)29-22-19(18)20(27-28-22)23-8-12-5-13(9-23)7-14(6-12)10-23/h1-4,12-14,17-18,26H,5-10H2,(H,27,28). The van der Waals surface area contributed by atoms with Crippen LogP contribution in [0.3, 0.4) is 0 Å². The van der Waals surface area contributed by atoms with Gasteiger partial charge in [-0.3, -0.25) is 10.5 Å². The number of nitrogens with zero attached hydrogens (tertiary/aromatic N) is 2. The molecule has 4 aliphatic carbocycles. The van der Waals surface area contributed by atoms with Gasteiger partial charge in [0.15, 0.2) is 0 Å². The van der Waals surface area contributed by atoms with Gasteiger partial charge in [-0.05, 0) is 74.0 Å². The fourth-order valence-corrected chi connectivity index (χ4v) is 7.43. The number of hydrogen-bond donors (Lipinski definition) is 2. The maximum atomic E-state index is 9.93. The molecule has 29 heavy (non-hydrogen) atoms. The summed E-state index contributed by atoms with van der Waals surface area (Å²) in [4.78, 5) is 0. The number of benzene rings is 1. The van der Waals surface area contributed by atoms with E-state index in [1.165, 1.54) is 44.2 Å². The van der Waals surface area contributed by atoms with Crippen LogP contribution in [0.4, 0.5) is 0 Å². The summed E-state index contributed by atoms with van der Waals surface area (Å²) in [7, 11) is 0. The van der Waals surface area contributed by atoms with Crippen LogP contribution < -0.4 is 4.74 Å². The van der Waals surface area contributed by atoms with Crippen molar-refractivity contribution in [1.29, 1.82) is 10.7 Å². The Balaban J connectivity index is 1.52. The van der Waals surface area contributed by atoms with Crippen molar-refractivity contribution < 1.29 is 4.74 Å². The molecule has 2 atom stereocenters. The molecule has 5 aliphatic rings. The summed E-state index contributed by atoms with van der Waals surface area (Å²) in [5.74, 6) is 2.11. The second kappa shape index (κ2) is 6.18. The lowest BCUT2D eigenvalue weighted by atomic mass is 9.48. The summed E-state index contributed by atoms with van der Waals surface area (Å²) in [6.07, 6.45) is 7.80. The first-order valence-electron chi connectivity index (χ1n) is 10.6. The lowest BCUT2D eigenvalue weighted by Gasteiger charge is -2.56. The van der Waals surface area contributed by atoms with Crippen LogP contribution in [0.1, 0.15) is 61.3 Å². The van der Waals surface area contributed by atoms with E-state index in [1.54, 1.807) is 0 Å². The zero-order valence-corrected chi connectivity index (χ0v) is 17.7. The molecule has 4 saturated carbocycles. The number of ether oxygens (including phenoxy) is 1. The highest BCUT2D eigenvalue weighted by molar-refractivity contribution is 9.10. The van der Waals surface area contributed by atoms with Gasteiger partial charge in [0.25, 0.3) is 0 Å². The number of rotatable bonds is 2. The number of aromatic amines is 1. The summed E-state index contributed by atoms with van der Waals surface area (Å²) in [6.45, 7) is 0. The molecule has 1 aliphatic heterocycles. The van der Waals surface area contributed by atoms with E-state index in [2.05, 4.69) is 44.3 Å². The summed E-state index contributed by atoms with van der Waals surface area (Å²) in [5.41, 5.74) is 3.39. The molecule has 4 bridgehead atoms. The molecule has 148 valence electrons. The van der Waals surface area contributed by atoms with Crippen LogP contribution in [0.25, 0.3) is 0 Å². The molecule has 2 N–H and O–H groups in total. The third-order valence-corrected chi connectivity index (χ3v) is 8.37. The van der Waals surface area contributed by atoms with E-state index >= 15 is 0 Å². The molecule has 1 aromatic carbocycles. The van der Waals surface area contributed by atoms with Crippen molar-refractivity contribution in [3.63, 3.8) is 0 Å². The average molecular weight is 451 g/mol. The van der Waals surface area contributed by atoms with Gasteiger partial charge in [-0.1, -0.05) is 28.1 Å². The van der Waals surface area contributed by atoms with E-state index in [0.29, 0.717) is 5.88 Å². The van der Waals surface area contributed by atoms with Crippen LogP contribution in [0.2, 0.25) is 0 Å². The van der Waals surface area contributed by atoms with E-state index in [1.807, 2.05) is 12.1 Å². The van der Waals surface area contributed by atoms with Gasteiger partial charge in [-0.2, -0.15) is 5.26 Å². The largest absolute Gasteiger partial charge is 0.422 e. The molecular formula is C23H23BrN4O. The maximum absolute atomic E-state index is 9.93. The highest BCUT2D eigenvalue weighted by Crippen LogP contribution is 2.62. The van der Waals surface area contributed by atoms with Crippen molar-refractivity contribution in [3.8, 4) is 11.9 Å². The number of nitriles is 1. The molecule has 7 rings (SSSR count). The molecule has 2 unspecified atom stereocenters. The first kappa shape index (κ1) is 17.7. The van der Waals surface area contributed by atoms with Gasteiger partial charge in [0.1, 0.15) is 5.92 Å². The van der Waals surface area contributed by atoms with Gasteiger partial charge < -0.3 is 4.74 Å². The minimum atomic E-state index is -0.631. The smallest absolute Gasteiger partial charge is 0.243 e. The van der Waals surface area contributed by atoms with Crippen LogP contribution in [0.5, 0.6) is 5.88 Å². The molecule has 0 radical (unpaired) electrons. The lowest BCUT2D eigenvalue weighted by molar-refractivity contribution is -0.00777. The van der Waals surface area contributed by atoms with Crippen molar-refractivity contribution in [2.45, 2.75) is 49.9 Å². The average Bonchev–Trinajstić information content (AvgIpc) is 3.11. The zero-order chi connectivity index (χ0) is 19.8. The van der Waals surface area contributed by atoms with E-state index < -0.39 is 5.92 Å². The number of hydrogen-bond acceptors (Lipinski definition) is 4. The van der Waals surface area contributed by atoms with Crippen LogP contribution in [0.15, 0.2) is 28.7 Å². The molecule has 2 aromatic rings. The molecule has 4 fully saturated rings. The monoisotopic (exact) mass is 450 g/mol. The Morgan fingerprint density at radius 1 is 1.10 bits per heavy atom. The van der Waals surface area contributed by atoms with Crippen molar-refractivity contribution in [2.24, 2.45) is 23.7 Å². The van der Waals surface area contributed by atoms with Crippen LogP contribution in [0, 0.1) is 40.4 Å². The Kier molecular flexibility index (Phi) is 3.78. The highest BCUT2D eigenvalue weighted by Gasteiger charge is 2.55. The normalized spacial score (nSPS) is 37.1. The van der Waals surface area contributed by atoms with Gasteiger partial charge in [0.05, 0.1) is 6.07 Å². The SMILES string of the molecule is N#CC1C(=N)Oc2n[nH]c(C34CC5CC(CC(C5)C3)C4)c2C1c1ccc(Br)cc1. The van der Waals surface area contributed by atoms with E-state index in [-0.39, 0.29) is 17.2 Å². The highest BCUT2D eigenvalue weighted by atomic mass is 79.9. The fourth-order valence-electron chi connectivity index (χ4n) is 7.17. The minimum Gasteiger partial charge on any atom is -0.422 e. The second-order valence-electron chi connectivity index (χ2n) is 9.62. The van der Waals surface area contributed by atoms with Crippen LogP contribution in [-0.2, 0) is 5.41 Å². The zero-order valence-electron chi connectivity index (χ0n) is 16.1. The minimum absolute atomic E-state index is 0.00326. The van der Waals surface area contributed by atoms with Gasteiger partial charge in [-0.15, -0.1) is 5.10 Å². The van der Waals surface area contributed by atoms with E-state index in [9.17, 15) is 5.26 Å². The maximum Gasteiger partial charge on any atom is 0.243 e. The Hall–Kier alpha value is -2.13. The Morgan fingerprint density at radius 2 is 1.72 bits per heavy atom. The fraction of sp³-hybridized carbons (Fsp3) is 0.522. The molecule has 0 spiro atoms. The molecule has 0 amide bonds. The summed E-state index contributed by atoms with van der Waals surface area (Å²) in [5, 5.41) is 26.1. The number of H-pyrrole nitrogens is 1. The topological polar surface area (TPSA) is 85.6 Å². The lowest BCUT2D eigenvalue weighted by Crippen LogP contribution is -2.49. The number of aromatic nitrogens is 2. The number of fused-ring (bicyclic) bond motifs is 1. The summed E-state index contributed by atoms with van der Waals surface area (Å²) in [6, 6.07) is 10.5. The van der Waals surface area contributed by atoms with Crippen LogP contribution in [-0.4, -0.2) is 16.1 Å². The predicted molar refractivity (Wildman–Crippen MR) is 112 cm³/mol. The van der Waals surface area contributed by atoms with Gasteiger partial charge in [-0.25, -0.2) is 0 Å². The molecule has 2 heterocycles. The van der Waals surface area contributed by atoms with Crippen molar-refractivity contribution >= 4 is 21.8 Å². The second-order valence-corrected chi connectivity index (χ2v) is 10.5. The number of nitrogens with one attached hydrogen (secondary N) is 2. The molecule has 0 saturated heterocycles. The first-order chi connectivity index (χ1) is 14.1. The quantitative estimate of drug-likeness (QED) is 0.652. The Morgan fingerprint density at radius 3 is 2.31 bits per heavy atom. The Bertz CT molecular complexity index is 999. The summed E-state index contributed by atoms with van der Waals surface area (Å²) >= 11 is 3.51. The summed E-state index contributed by atoms with van der Waals surface area (Å²) < 4.78 is 6.77. The van der Waals surface area contributed by atoms with Crippen molar-refractivity contribution in [3.05, 3.63) is 45.6 Å². The predicted octanol–water partition coefficient (Wildman–Crippen LogP) is 5.28. The Labute approximate surface area is 178 Å². The third-order valence-electron chi connectivity index (χ3n) is 7.84. The van der Waals surface area contributed by atoms with Crippen molar-refractivity contribution in [1.82, 2.24) is 10.2 Å². The molecule has 6 heteroatoms. The molecule has 5 nitrogen and oxygen atoms in total. The van der Waals surface area contributed by atoms with Gasteiger partial charge in [0, 0.05) is 27.1 Å². The van der Waals surface area contributed by atoms with E-state index in [4.69, 9.17) is 10.1 Å². The van der Waals surface area contributed by atoms with Crippen molar-refractivity contribution in [2.75, 3.05) is 0 Å². The van der Waals surface area contributed by atoms with Crippen LogP contribution >= 0.6 is 15.9 Å². The number of halogens is 1. The molecule has 1 aromatic heterocycles.